The normalized spacial score (nSPS) is 16.6. The minimum atomic E-state index is -0.287. The first-order valence-corrected chi connectivity index (χ1v) is 11.8. The molecule has 1 aliphatic heterocycles. The number of pyridine rings is 2. The van der Waals surface area contributed by atoms with E-state index in [1.807, 2.05) is 66.2 Å². The van der Waals surface area contributed by atoms with E-state index in [0.717, 1.165) is 17.8 Å². The Balaban J connectivity index is 1.23. The lowest BCUT2D eigenvalue weighted by atomic mass is 10.0. The van der Waals surface area contributed by atoms with Crippen LogP contribution in [0.3, 0.4) is 0 Å². The van der Waals surface area contributed by atoms with Crippen LogP contribution >= 0.6 is 0 Å². The van der Waals surface area contributed by atoms with Crippen LogP contribution in [0.1, 0.15) is 36.8 Å². The van der Waals surface area contributed by atoms with Gasteiger partial charge in [0, 0.05) is 32.1 Å². The van der Waals surface area contributed by atoms with E-state index in [-0.39, 0.29) is 17.9 Å². The molecule has 0 aliphatic carbocycles. The highest BCUT2D eigenvalue weighted by molar-refractivity contribution is 5.85. The van der Waals surface area contributed by atoms with E-state index in [0.29, 0.717) is 41.0 Å². The van der Waals surface area contributed by atoms with Gasteiger partial charge in [-0.1, -0.05) is 17.3 Å². The first-order valence-electron chi connectivity index (χ1n) is 11.8. The number of carbonyl (C=O) groups is 1. The number of amides is 1. The van der Waals surface area contributed by atoms with Crippen molar-refractivity contribution in [3.8, 4) is 22.8 Å². The van der Waals surface area contributed by atoms with E-state index >= 15 is 0 Å². The van der Waals surface area contributed by atoms with E-state index in [9.17, 15) is 4.79 Å². The van der Waals surface area contributed by atoms with Crippen molar-refractivity contribution in [2.24, 2.45) is 0 Å². The molecule has 0 radical (unpaired) electrons. The zero-order valence-electron chi connectivity index (χ0n) is 19.9. The van der Waals surface area contributed by atoms with E-state index in [4.69, 9.17) is 9.51 Å². The van der Waals surface area contributed by atoms with Gasteiger partial charge in [-0.15, -0.1) is 0 Å². The first-order chi connectivity index (χ1) is 17.6. The fourth-order valence-electron chi connectivity index (χ4n) is 4.49. The van der Waals surface area contributed by atoms with Gasteiger partial charge >= 0.3 is 0 Å². The van der Waals surface area contributed by atoms with E-state index in [1.54, 1.807) is 24.2 Å². The van der Waals surface area contributed by atoms with Crippen molar-refractivity contribution in [3.05, 3.63) is 78.6 Å². The molecule has 5 aromatic heterocycles. The summed E-state index contributed by atoms with van der Waals surface area (Å²) < 4.78 is 7.55. The Bertz CT molecular complexity index is 1560. The van der Waals surface area contributed by atoms with Gasteiger partial charge in [0.15, 0.2) is 0 Å². The minimum Gasteiger partial charge on any atom is -0.360 e. The summed E-state index contributed by atoms with van der Waals surface area (Å²) in [7, 11) is 1.80. The Morgan fingerprint density at radius 1 is 1.03 bits per heavy atom. The van der Waals surface area contributed by atoms with Crippen molar-refractivity contribution in [1.29, 1.82) is 0 Å². The molecule has 0 aromatic carbocycles. The van der Waals surface area contributed by atoms with Gasteiger partial charge in [-0.2, -0.15) is 0 Å². The average Bonchev–Trinajstić information content (AvgIpc) is 3.64. The number of rotatable bonds is 6. The van der Waals surface area contributed by atoms with Crippen LogP contribution in [-0.4, -0.2) is 53.9 Å². The zero-order valence-corrected chi connectivity index (χ0v) is 19.9. The highest BCUT2D eigenvalue weighted by atomic mass is 16.5. The van der Waals surface area contributed by atoms with Crippen LogP contribution in [0.25, 0.3) is 28.4 Å². The van der Waals surface area contributed by atoms with Crippen molar-refractivity contribution in [2.45, 2.75) is 25.3 Å². The van der Waals surface area contributed by atoms with Crippen LogP contribution in [-0.2, 0) is 4.79 Å². The van der Waals surface area contributed by atoms with Gasteiger partial charge in [-0.05, 0) is 43.7 Å². The van der Waals surface area contributed by atoms with Gasteiger partial charge in [0.2, 0.25) is 11.9 Å². The van der Waals surface area contributed by atoms with E-state index in [1.165, 1.54) is 0 Å². The summed E-state index contributed by atoms with van der Waals surface area (Å²) in [6.07, 6.45) is 6.27. The molecule has 1 aliphatic rings. The Hall–Kier alpha value is -4.60. The summed E-state index contributed by atoms with van der Waals surface area (Å²) in [6.45, 7) is 2.76. The fourth-order valence-corrected chi connectivity index (χ4v) is 4.49. The average molecular weight is 481 g/mol. The third-order valence-corrected chi connectivity index (χ3v) is 6.46. The quantitative estimate of drug-likeness (QED) is 0.388. The van der Waals surface area contributed by atoms with Gasteiger partial charge in [0.25, 0.3) is 0 Å². The maximum Gasteiger partial charge on any atom is 0.233 e. The van der Waals surface area contributed by atoms with Crippen LogP contribution < -0.4 is 5.32 Å². The van der Waals surface area contributed by atoms with Crippen molar-refractivity contribution >= 4 is 17.5 Å². The second-order valence-corrected chi connectivity index (χ2v) is 8.87. The number of likely N-dealkylation sites (N-methyl/N-ethyl adjacent to an activating group) is 1. The number of fused-ring (bicyclic) bond motifs is 1. The molecule has 1 amide bonds. The maximum atomic E-state index is 12.3. The summed E-state index contributed by atoms with van der Waals surface area (Å²) >= 11 is 0. The molecule has 1 N–H and O–H groups in total. The second kappa shape index (κ2) is 8.88. The number of hydrogen-bond donors (Lipinski definition) is 1. The number of nitrogens with one attached hydrogen (secondary N) is 1. The van der Waals surface area contributed by atoms with Crippen LogP contribution in [0.2, 0.25) is 0 Å². The predicted octanol–water partition coefficient (Wildman–Crippen LogP) is 3.96. The number of carbonyl (C=O) groups excluding carboxylic acids is 1. The Labute approximate surface area is 207 Å². The smallest absolute Gasteiger partial charge is 0.233 e. The van der Waals surface area contributed by atoms with Crippen LogP contribution in [0, 0.1) is 0 Å². The molecule has 6 rings (SSSR count). The first kappa shape index (κ1) is 21.9. The Morgan fingerprint density at radius 3 is 2.69 bits per heavy atom. The van der Waals surface area contributed by atoms with Gasteiger partial charge in [-0.3, -0.25) is 4.79 Å². The Morgan fingerprint density at radius 2 is 1.86 bits per heavy atom. The number of aromatic nitrogens is 6. The molecule has 180 valence electrons. The molecular formula is C26H24N8O2. The van der Waals surface area contributed by atoms with E-state index < -0.39 is 0 Å². The SMILES string of the molecule is C[C@@H](Nc1nccc(-c2cccc(-c3cc([C@@H]4CCN(C)C4=O)on3)n2)n1)c1cnc2ccccn12. The van der Waals surface area contributed by atoms with Crippen molar-refractivity contribution in [2.75, 3.05) is 18.9 Å². The third kappa shape index (κ3) is 3.96. The molecule has 0 spiro atoms. The molecule has 1 fully saturated rings. The lowest BCUT2D eigenvalue weighted by Gasteiger charge is -2.14. The lowest BCUT2D eigenvalue weighted by molar-refractivity contribution is -0.128. The fraction of sp³-hybridized carbons (Fsp3) is 0.231. The third-order valence-electron chi connectivity index (χ3n) is 6.46. The standard InChI is InChI=1S/C26H24N8O2/c1-16(22-15-28-24-8-3-4-12-34(22)24)29-26-27-11-9-20(31-26)18-6-5-7-19(30-18)21-14-23(36-32-21)17-10-13-33(2)25(17)35/h3-9,11-12,14-17H,10,13H2,1-2H3,(H,27,29,31)/t16-,17+/m1/s1. The topological polar surface area (TPSA) is 114 Å². The molecule has 1 saturated heterocycles. The van der Waals surface area contributed by atoms with Gasteiger partial charge < -0.3 is 19.1 Å². The molecule has 10 heteroatoms. The van der Waals surface area contributed by atoms with Gasteiger partial charge in [0.05, 0.1) is 35.0 Å². The molecule has 0 unspecified atom stereocenters. The largest absolute Gasteiger partial charge is 0.360 e. The molecular weight excluding hydrogens is 456 g/mol. The van der Waals surface area contributed by atoms with Crippen molar-refractivity contribution in [3.63, 3.8) is 0 Å². The maximum absolute atomic E-state index is 12.3. The molecule has 0 bridgehead atoms. The summed E-state index contributed by atoms with van der Waals surface area (Å²) in [4.78, 5) is 32.3. The minimum absolute atomic E-state index is 0.0542. The highest BCUT2D eigenvalue weighted by Crippen LogP contribution is 2.31. The summed E-state index contributed by atoms with van der Waals surface area (Å²) in [5.41, 5.74) is 4.49. The predicted molar refractivity (Wildman–Crippen MR) is 133 cm³/mol. The molecule has 10 nitrogen and oxygen atoms in total. The number of anilines is 1. The molecule has 2 atom stereocenters. The monoisotopic (exact) mass is 480 g/mol. The van der Waals surface area contributed by atoms with Crippen molar-refractivity contribution in [1.82, 2.24) is 34.4 Å². The lowest BCUT2D eigenvalue weighted by Crippen LogP contribution is -2.21. The summed E-state index contributed by atoms with van der Waals surface area (Å²) in [5.74, 6) is 0.829. The van der Waals surface area contributed by atoms with Crippen LogP contribution in [0.5, 0.6) is 0 Å². The van der Waals surface area contributed by atoms with E-state index in [2.05, 4.69) is 25.4 Å². The number of nitrogens with zero attached hydrogens (tertiary/aromatic N) is 7. The van der Waals surface area contributed by atoms with Gasteiger partial charge in [-0.25, -0.2) is 19.9 Å². The molecule has 36 heavy (non-hydrogen) atoms. The molecule has 0 saturated carbocycles. The highest BCUT2D eigenvalue weighted by Gasteiger charge is 2.33. The van der Waals surface area contributed by atoms with Crippen LogP contribution in [0.15, 0.2) is 71.6 Å². The summed E-state index contributed by atoms with van der Waals surface area (Å²) in [6, 6.07) is 15.1. The zero-order chi connectivity index (χ0) is 24.6. The number of imidazole rings is 1. The second-order valence-electron chi connectivity index (χ2n) is 8.87. The summed E-state index contributed by atoms with van der Waals surface area (Å²) in [5, 5.41) is 7.54. The van der Waals surface area contributed by atoms with Crippen LogP contribution in [0.4, 0.5) is 5.95 Å². The van der Waals surface area contributed by atoms with Gasteiger partial charge in [0.1, 0.15) is 23.0 Å². The Kier molecular flexibility index (Phi) is 5.40. The molecule has 5 aromatic rings. The number of hydrogen-bond acceptors (Lipinski definition) is 8. The number of likely N-dealkylation sites (tertiary alicyclic amines) is 1. The van der Waals surface area contributed by atoms with Crippen molar-refractivity contribution < 1.29 is 9.32 Å². The molecule has 6 heterocycles.